The fourth-order valence-electron chi connectivity index (χ4n) is 2.50. The van der Waals surface area contributed by atoms with E-state index in [4.69, 9.17) is 4.74 Å². The molecule has 2 aromatic heterocycles. The molecular weight excluding hydrogens is 309 g/mol. The van der Waals surface area contributed by atoms with E-state index in [9.17, 15) is 4.39 Å². The molecule has 0 amide bonds. The van der Waals surface area contributed by atoms with E-state index in [1.807, 2.05) is 4.90 Å². The number of anilines is 1. The zero-order valence-electron chi connectivity index (χ0n) is 12.8. The molecule has 0 radical (unpaired) electrons. The number of aromatic nitrogens is 4. The zero-order chi connectivity index (χ0) is 16.4. The number of halogens is 1. The summed E-state index contributed by atoms with van der Waals surface area (Å²) >= 11 is 0. The Labute approximate surface area is 137 Å². The summed E-state index contributed by atoms with van der Waals surface area (Å²) in [6.45, 7) is 1.78. The second-order valence-electron chi connectivity index (χ2n) is 5.36. The molecule has 0 saturated carbocycles. The van der Waals surface area contributed by atoms with Crippen molar-refractivity contribution in [1.82, 2.24) is 19.6 Å². The number of morpholine rings is 1. The molecule has 0 bridgehead atoms. The van der Waals surface area contributed by atoms with Gasteiger partial charge in [-0.2, -0.15) is 4.98 Å². The number of hydrogen-bond acceptors (Lipinski definition) is 5. The molecule has 0 N–H and O–H groups in total. The van der Waals surface area contributed by atoms with Crippen LogP contribution in [0, 0.1) is 17.7 Å². The first kappa shape index (κ1) is 14.6. The summed E-state index contributed by atoms with van der Waals surface area (Å²) in [5.41, 5.74) is 0.630. The van der Waals surface area contributed by atoms with Crippen LogP contribution in [0.15, 0.2) is 42.7 Å². The molecule has 1 saturated heterocycles. The lowest BCUT2D eigenvalue weighted by Gasteiger charge is -2.29. The van der Waals surface area contributed by atoms with E-state index < -0.39 is 0 Å². The molecular formula is C17H14FN5O. The average molecular weight is 323 g/mol. The van der Waals surface area contributed by atoms with Gasteiger partial charge in [-0.15, -0.1) is 5.10 Å². The SMILES string of the molecule is Fc1cccc(C#CC2CN(c3nc4ncccn4n3)CCO2)c1. The highest BCUT2D eigenvalue weighted by Gasteiger charge is 2.22. The molecule has 24 heavy (non-hydrogen) atoms. The Kier molecular flexibility index (Phi) is 3.81. The minimum atomic E-state index is -0.297. The molecule has 1 unspecified atom stereocenters. The number of nitrogens with zero attached hydrogens (tertiary/aromatic N) is 5. The van der Waals surface area contributed by atoms with Crippen molar-refractivity contribution >= 4 is 11.7 Å². The molecule has 4 rings (SSSR count). The van der Waals surface area contributed by atoms with Gasteiger partial charge in [-0.25, -0.2) is 13.9 Å². The Hall–Kier alpha value is -2.98. The topological polar surface area (TPSA) is 55.6 Å². The normalized spacial score (nSPS) is 17.5. The van der Waals surface area contributed by atoms with Crippen molar-refractivity contribution in [3.63, 3.8) is 0 Å². The highest BCUT2D eigenvalue weighted by molar-refractivity contribution is 5.40. The second kappa shape index (κ2) is 6.26. The van der Waals surface area contributed by atoms with Crippen LogP contribution in [0.2, 0.25) is 0 Å². The number of benzene rings is 1. The van der Waals surface area contributed by atoms with Crippen molar-refractivity contribution in [2.45, 2.75) is 6.10 Å². The van der Waals surface area contributed by atoms with Gasteiger partial charge in [0, 0.05) is 24.5 Å². The average Bonchev–Trinajstić information content (AvgIpc) is 3.05. The lowest BCUT2D eigenvalue weighted by atomic mass is 10.2. The minimum absolute atomic E-state index is 0.276. The van der Waals surface area contributed by atoms with Crippen LogP contribution in [0.1, 0.15) is 5.56 Å². The van der Waals surface area contributed by atoms with Crippen molar-refractivity contribution < 1.29 is 9.13 Å². The summed E-state index contributed by atoms with van der Waals surface area (Å²) in [5.74, 6) is 6.86. The minimum Gasteiger partial charge on any atom is -0.362 e. The van der Waals surface area contributed by atoms with Crippen molar-refractivity contribution in [2.24, 2.45) is 0 Å². The highest BCUT2D eigenvalue weighted by atomic mass is 19.1. The zero-order valence-corrected chi connectivity index (χ0v) is 12.8. The smallest absolute Gasteiger partial charge is 0.253 e. The van der Waals surface area contributed by atoms with E-state index in [0.717, 1.165) is 0 Å². The molecule has 1 aliphatic rings. The van der Waals surface area contributed by atoms with E-state index in [0.29, 0.717) is 37.0 Å². The molecule has 1 aromatic carbocycles. The van der Waals surface area contributed by atoms with Gasteiger partial charge in [0.15, 0.2) is 0 Å². The first-order chi connectivity index (χ1) is 11.8. The van der Waals surface area contributed by atoms with Gasteiger partial charge in [-0.1, -0.05) is 17.9 Å². The van der Waals surface area contributed by atoms with Crippen molar-refractivity contribution in [2.75, 3.05) is 24.6 Å². The molecule has 1 atom stereocenters. The monoisotopic (exact) mass is 323 g/mol. The number of ether oxygens (including phenoxy) is 1. The van der Waals surface area contributed by atoms with Gasteiger partial charge in [0.1, 0.15) is 11.9 Å². The molecule has 1 fully saturated rings. The van der Waals surface area contributed by atoms with Crippen LogP contribution < -0.4 is 4.90 Å². The number of rotatable bonds is 1. The van der Waals surface area contributed by atoms with Crippen molar-refractivity contribution in [3.8, 4) is 11.8 Å². The molecule has 6 nitrogen and oxygen atoms in total. The van der Waals surface area contributed by atoms with Crippen LogP contribution >= 0.6 is 0 Å². The Morgan fingerprint density at radius 2 is 2.25 bits per heavy atom. The standard InChI is InChI=1S/C17H14FN5O/c18-14-4-1-3-13(11-14)5-6-15-12-22(9-10-24-15)17-20-16-19-7-2-8-23(16)21-17/h1-4,7-8,11,15H,9-10,12H2. The molecule has 7 heteroatoms. The van der Waals surface area contributed by atoms with Gasteiger partial charge in [-0.3, -0.25) is 0 Å². The molecule has 120 valence electrons. The Morgan fingerprint density at radius 3 is 3.12 bits per heavy atom. The predicted molar refractivity (Wildman–Crippen MR) is 86.0 cm³/mol. The maximum atomic E-state index is 13.2. The summed E-state index contributed by atoms with van der Waals surface area (Å²) in [5, 5.41) is 4.42. The molecule has 0 aliphatic carbocycles. The summed E-state index contributed by atoms with van der Waals surface area (Å²) in [6.07, 6.45) is 3.21. The summed E-state index contributed by atoms with van der Waals surface area (Å²) in [6, 6.07) is 8.01. The number of hydrogen-bond donors (Lipinski definition) is 0. The Bertz CT molecular complexity index is 896. The van der Waals surface area contributed by atoms with Gasteiger partial charge in [0.2, 0.25) is 5.95 Å². The lowest BCUT2D eigenvalue weighted by molar-refractivity contribution is 0.0772. The summed E-state index contributed by atoms with van der Waals surface area (Å²) in [7, 11) is 0. The van der Waals surface area contributed by atoms with Crippen LogP contribution in [0.25, 0.3) is 5.78 Å². The number of fused-ring (bicyclic) bond motifs is 1. The van der Waals surface area contributed by atoms with E-state index in [1.54, 1.807) is 35.1 Å². The largest absolute Gasteiger partial charge is 0.362 e. The third kappa shape index (κ3) is 3.05. The van der Waals surface area contributed by atoms with Crippen molar-refractivity contribution in [3.05, 3.63) is 54.1 Å². The van der Waals surface area contributed by atoms with E-state index in [1.165, 1.54) is 12.1 Å². The van der Waals surface area contributed by atoms with Gasteiger partial charge < -0.3 is 9.64 Å². The second-order valence-corrected chi connectivity index (χ2v) is 5.36. The van der Waals surface area contributed by atoms with Crippen LogP contribution in [0.4, 0.5) is 10.3 Å². The summed E-state index contributed by atoms with van der Waals surface area (Å²) < 4.78 is 20.5. The van der Waals surface area contributed by atoms with E-state index in [2.05, 4.69) is 26.9 Å². The highest BCUT2D eigenvalue weighted by Crippen LogP contribution is 2.14. The quantitative estimate of drug-likeness (QED) is 0.636. The molecule has 3 heterocycles. The summed E-state index contributed by atoms with van der Waals surface area (Å²) in [4.78, 5) is 10.6. The van der Waals surface area contributed by atoms with E-state index in [-0.39, 0.29) is 11.9 Å². The Balaban J connectivity index is 1.51. The fraction of sp³-hybridized carbons (Fsp3) is 0.235. The van der Waals surface area contributed by atoms with Gasteiger partial charge in [0.25, 0.3) is 5.78 Å². The van der Waals surface area contributed by atoms with Gasteiger partial charge >= 0.3 is 0 Å². The van der Waals surface area contributed by atoms with Crippen LogP contribution in [0.3, 0.4) is 0 Å². The van der Waals surface area contributed by atoms with Crippen LogP contribution in [0.5, 0.6) is 0 Å². The lowest BCUT2D eigenvalue weighted by Crippen LogP contribution is -2.42. The van der Waals surface area contributed by atoms with Crippen molar-refractivity contribution in [1.29, 1.82) is 0 Å². The van der Waals surface area contributed by atoms with Crippen LogP contribution in [-0.4, -0.2) is 45.4 Å². The third-order valence-corrected chi connectivity index (χ3v) is 3.66. The molecule has 0 spiro atoms. The van der Waals surface area contributed by atoms with E-state index >= 15 is 0 Å². The predicted octanol–water partition coefficient (Wildman–Crippen LogP) is 1.52. The van der Waals surface area contributed by atoms with Gasteiger partial charge in [0.05, 0.1) is 13.2 Å². The maximum absolute atomic E-state index is 13.2. The van der Waals surface area contributed by atoms with Gasteiger partial charge in [-0.05, 0) is 24.3 Å². The van der Waals surface area contributed by atoms with Crippen LogP contribution in [-0.2, 0) is 4.74 Å². The third-order valence-electron chi connectivity index (χ3n) is 3.66. The first-order valence-corrected chi connectivity index (χ1v) is 7.59. The molecule has 1 aliphatic heterocycles. The maximum Gasteiger partial charge on any atom is 0.253 e. The molecule has 3 aromatic rings. The fourth-order valence-corrected chi connectivity index (χ4v) is 2.50. The Morgan fingerprint density at radius 1 is 1.29 bits per heavy atom. The first-order valence-electron chi connectivity index (χ1n) is 7.59.